The van der Waals surface area contributed by atoms with E-state index in [0.29, 0.717) is 18.8 Å². The van der Waals surface area contributed by atoms with Crippen LogP contribution in [0.3, 0.4) is 0 Å². The molecule has 1 aromatic carbocycles. The fourth-order valence-corrected chi connectivity index (χ4v) is 2.42. The Labute approximate surface area is 119 Å². The van der Waals surface area contributed by atoms with Crippen molar-refractivity contribution in [2.24, 2.45) is 0 Å². The molecule has 1 heterocycles. The molecule has 0 amide bonds. The smallest absolute Gasteiger partial charge is 0.338 e. The number of rotatable bonds is 5. The highest BCUT2D eigenvalue weighted by Gasteiger charge is 2.28. The van der Waals surface area contributed by atoms with Gasteiger partial charge in [0.2, 0.25) is 0 Å². The summed E-state index contributed by atoms with van der Waals surface area (Å²) in [6.45, 7) is 6.70. The van der Waals surface area contributed by atoms with E-state index in [0.717, 1.165) is 24.2 Å². The highest BCUT2D eigenvalue weighted by molar-refractivity contribution is 5.91. The van der Waals surface area contributed by atoms with Crippen LogP contribution in [0, 0.1) is 0 Å². The molecule has 1 aliphatic rings. The number of hydrogen-bond donors (Lipinski definition) is 0. The second-order valence-corrected chi connectivity index (χ2v) is 4.63. The molecule has 0 saturated carbocycles. The first-order valence-corrected chi connectivity index (χ1v) is 6.98. The van der Waals surface area contributed by atoms with E-state index in [-0.39, 0.29) is 11.9 Å². The van der Waals surface area contributed by atoms with Gasteiger partial charge in [-0.25, -0.2) is 4.79 Å². The predicted octanol–water partition coefficient (Wildman–Crippen LogP) is 3.58. The van der Waals surface area contributed by atoms with Crippen LogP contribution in [0.2, 0.25) is 0 Å². The first kappa shape index (κ1) is 14.4. The number of esters is 1. The predicted molar refractivity (Wildman–Crippen MR) is 78.2 cm³/mol. The highest BCUT2D eigenvalue weighted by atomic mass is 16.5. The molecule has 20 heavy (non-hydrogen) atoms. The topological polar surface area (TPSA) is 35.5 Å². The number of carbonyl (C=O) groups excluding carboxylic acids is 1. The standard InChI is InChI=1S/C17H20O3/c1-3-14(13-9-6-5-7-10-13)16(17(18)19-4-2)15-11-8-12-20-15/h3,5-7,9-10,14H,1,4,8,11-12H2,2H3/b16-15+. The van der Waals surface area contributed by atoms with Gasteiger partial charge in [0.15, 0.2) is 0 Å². The fourth-order valence-electron chi connectivity index (χ4n) is 2.42. The van der Waals surface area contributed by atoms with Crippen molar-refractivity contribution in [3.63, 3.8) is 0 Å². The van der Waals surface area contributed by atoms with Crippen LogP contribution in [0.1, 0.15) is 31.2 Å². The molecule has 0 bridgehead atoms. The van der Waals surface area contributed by atoms with Crippen LogP contribution in [0.5, 0.6) is 0 Å². The van der Waals surface area contributed by atoms with Gasteiger partial charge in [-0.05, 0) is 18.9 Å². The Bertz CT molecular complexity index is 494. The lowest BCUT2D eigenvalue weighted by molar-refractivity contribution is -0.139. The lowest BCUT2D eigenvalue weighted by Gasteiger charge is -2.18. The minimum Gasteiger partial charge on any atom is -0.497 e. The maximum Gasteiger partial charge on any atom is 0.338 e. The van der Waals surface area contributed by atoms with Crippen LogP contribution in [0.15, 0.2) is 54.3 Å². The van der Waals surface area contributed by atoms with Crippen molar-refractivity contribution >= 4 is 5.97 Å². The van der Waals surface area contributed by atoms with Gasteiger partial charge in [0.05, 0.1) is 18.8 Å². The molecule has 1 aliphatic heterocycles. The molecule has 0 radical (unpaired) electrons. The summed E-state index contributed by atoms with van der Waals surface area (Å²) < 4.78 is 10.8. The average Bonchev–Trinajstić information content (AvgIpc) is 2.99. The SMILES string of the molecule is C=CC(/C(C(=O)OCC)=C1/CCCO1)c1ccccc1. The van der Waals surface area contributed by atoms with Gasteiger partial charge in [-0.15, -0.1) is 6.58 Å². The summed E-state index contributed by atoms with van der Waals surface area (Å²) in [7, 11) is 0. The van der Waals surface area contributed by atoms with E-state index >= 15 is 0 Å². The van der Waals surface area contributed by atoms with E-state index in [1.807, 2.05) is 30.3 Å². The molecule has 1 unspecified atom stereocenters. The molecule has 106 valence electrons. The highest BCUT2D eigenvalue weighted by Crippen LogP contribution is 2.33. The van der Waals surface area contributed by atoms with Gasteiger partial charge in [0.25, 0.3) is 0 Å². The Hall–Kier alpha value is -2.03. The normalized spacial score (nSPS) is 18.1. The van der Waals surface area contributed by atoms with Crippen molar-refractivity contribution in [2.75, 3.05) is 13.2 Å². The van der Waals surface area contributed by atoms with E-state index < -0.39 is 0 Å². The van der Waals surface area contributed by atoms with E-state index in [4.69, 9.17) is 9.47 Å². The third-order valence-electron chi connectivity index (χ3n) is 3.33. The molecule has 3 nitrogen and oxygen atoms in total. The number of carbonyl (C=O) groups is 1. The van der Waals surface area contributed by atoms with Crippen LogP contribution in [0.25, 0.3) is 0 Å². The van der Waals surface area contributed by atoms with Gasteiger partial charge >= 0.3 is 5.97 Å². The average molecular weight is 272 g/mol. The first-order chi connectivity index (χ1) is 9.77. The molecule has 0 N–H and O–H groups in total. The molecule has 3 heteroatoms. The van der Waals surface area contributed by atoms with E-state index in [9.17, 15) is 4.79 Å². The van der Waals surface area contributed by atoms with Gasteiger partial charge in [-0.1, -0.05) is 36.4 Å². The van der Waals surface area contributed by atoms with Crippen molar-refractivity contribution in [2.45, 2.75) is 25.7 Å². The van der Waals surface area contributed by atoms with Crippen LogP contribution < -0.4 is 0 Å². The van der Waals surface area contributed by atoms with Crippen molar-refractivity contribution in [3.05, 3.63) is 59.9 Å². The van der Waals surface area contributed by atoms with E-state index in [2.05, 4.69) is 6.58 Å². The molecule has 1 aromatic rings. The lowest BCUT2D eigenvalue weighted by atomic mass is 9.89. The van der Waals surface area contributed by atoms with E-state index in [1.54, 1.807) is 13.0 Å². The van der Waals surface area contributed by atoms with Gasteiger partial charge in [0, 0.05) is 12.3 Å². The van der Waals surface area contributed by atoms with Gasteiger partial charge in [-0.2, -0.15) is 0 Å². The first-order valence-electron chi connectivity index (χ1n) is 6.98. The minimum absolute atomic E-state index is 0.191. The Morgan fingerprint density at radius 2 is 2.20 bits per heavy atom. The van der Waals surface area contributed by atoms with E-state index in [1.165, 1.54) is 0 Å². The maximum absolute atomic E-state index is 12.3. The van der Waals surface area contributed by atoms with Gasteiger partial charge in [0.1, 0.15) is 5.76 Å². The maximum atomic E-state index is 12.3. The Balaban J connectivity index is 2.41. The second kappa shape index (κ2) is 6.94. The van der Waals surface area contributed by atoms with Crippen molar-refractivity contribution in [1.82, 2.24) is 0 Å². The molecule has 0 aliphatic carbocycles. The zero-order valence-electron chi connectivity index (χ0n) is 11.8. The fraction of sp³-hybridized carbons (Fsp3) is 0.353. The summed E-state index contributed by atoms with van der Waals surface area (Å²) in [5, 5.41) is 0. The number of allylic oxidation sites excluding steroid dienone is 2. The summed E-state index contributed by atoms with van der Waals surface area (Å²) in [5.74, 6) is 0.249. The quantitative estimate of drug-likeness (QED) is 0.467. The third kappa shape index (κ3) is 3.10. The van der Waals surface area contributed by atoms with Gasteiger partial charge < -0.3 is 9.47 Å². The molecule has 2 rings (SSSR count). The Morgan fingerprint density at radius 1 is 1.45 bits per heavy atom. The summed E-state index contributed by atoms with van der Waals surface area (Å²) in [5.41, 5.74) is 1.61. The minimum atomic E-state index is -0.307. The number of hydrogen-bond acceptors (Lipinski definition) is 3. The largest absolute Gasteiger partial charge is 0.497 e. The van der Waals surface area contributed by atoms with Crippen molar-refractivity contribution < 1.29 is 14.3 Å². The summed E-state index contributed by atoms with van der Waals surface area (Å²) in [6.07, 6.45) is 3.50. The number of ether oxygens (including phenoxy) is 2. The van der Waals surface area contributed by atoms with Crippen LogP contribution in [-0.4, -0.2) is 19.2 Å². The lowest BCUT2D eigenvalue weighted by Crippen LogP contribution is -2.16. The Kier molecular flexibility index (Phi) is 4.99. The Morgan fingerprint density at radius 3 is 2.75 bits per heavy atom. The summed E-state index contributed by atoms with van der Waals surface area (Å²) in [4.78, 5) is 12.3. The molecule has 1 saturated heterocycles. The summed E-state index contributed by atoms with van der Waals surface area (Å²) in [6, 6.07) is 9.83. The molecular weight excluding hydrogens is 252 g/mol. The van der Waals surface area contributed by atoms with Crippen molar-refractivity contribution in [3.8, 4) is 0 Å². The van der Waals surface area contributed by atoms with Gasteiger partial charge in [-0.3, -0.25) is 0 Å². The van der Waals surface area contributed by atoms with Crippen LogP contribution in [0.4, 0.5) is 0 Å². The molecule has 0 aromatic heterocycles. The molecule has 1 fully saturated rings. The monoisotopic (exact) mass is 272 g/mol. The zero-order chi connectivity index (χ0) is 14.4. The molecule has 1 atom stereocenters. The second-order valence-electron chi connectivity index (χ2n) is 4.63. The van der Waals surface area contributed by atoms with Crippen molar-refractivity contribution in [1.29, 1.82) is 0 Å². The molecule has 0 spiro atoms. The molecular formula is C17H20O3. The van der Waals surface area contributed by atoms with Crippen LogP contribution in [-0.2, 0) is 14.3 Å². The third-order valence-corrected chi connectivity index (χ3v) is 3.33. The number of benzene rings is 1. The van der Waals surface area contributed by atoms with Crippen LogP contribution >= 0.6 is 0 Å². The zero-order valence-corrected chi connectivity index (χ0v) is 11.8. The summed E-state index contributed by atoms with van der Waals surface area (Å²) >= 11 is 0.